The summed E-state index contributed by atoms with van der Waals surface area (Å²) in [5, 5.41) is 6.16. The van der Waals surface area contributed by atoms with Crippen LogP contribution in [0.4, 0.5) is 9.93 Å². The molecule has 5 nitrogen and oxygen atoms in total. The van der Waals surface area contributed by atoms with Gasteiger partial charge in [0.2, 0.25) is 0 Å². The highest BCUT2D eigenvalue weighted by Crippen LogP contribution is 2.18. The van der Waals surface area contributed by atoms with Crippen molar-refractivity contribution in [3.63, 3.8) is 0 Å². The Hall–Kier alpha value is -2.08. The van der Waals surface area contributed by atoms with E-state index in [-0.39, 0.29) is 12.1 Å². The second-order valence-electron chi connectivity index (χ2n) is 6.16. The van der Waals surface area contributed by atoms with E-state index in [2.05, 4.69) is 46.4 Å². The standard InChI is InChI=1S/C18H24N4OS/c1-15(7-8-16-5-3-2-4-6-16)20-17(23)21-10-12-22(13-11-21)18-19-9-14-24-18/h2-6,9,14-15H,7-8,10-13H2,1H3,(H,20,23)/t15-/m1/s1. The number of thiazole rings is 1. The first-order valence-corrected chi connectivity index (χ1v) is 9.34. The lowest BCUT2D eigenvalue weighted by atomic mass is 10.1. The second kappa shape index (κ2) is 8.15. The van der Waals surface area contributed by atoms with Crippen LogP contribution in [0.15, 0.2) is 41.9 Å². The first kappa shape index (κ1) is 16.8. The van der Waals surface area contributed by atoms with E-state index < -0.39 is 0 Å². The Balaban J connectivity index is 1.40. The number of amides is 2. The summed E-state index contributed by atoms with van der Waals surface area (Å²) in [6.07, 6.45) is 3.77. The molecule has 1 aromatic carbocycles. The summed E-state index contributed by atoms with van der Waals surface area (Å²) in [5.74, 6) is 0. The number of carbonyl (C=O) groups excluding carboxylic acids is 1. The lowest BCUT2D eigenvalue weighted by molar-refractivity contribution is 0.190. The summed E-state index contributed by atoms with van der Waals surface area (Å²) in [7, 11) is 0. The molecule has 0 saturated carbocycles. The van der Waals surface area contributed by atoms with Crippen LogP contribution in [-0.2, 0) is 6.42 Å². The lowest BCUT2D eigenvalue weighted by Gasteiger charge is -2.35. The molecule has 3 rings (SSSR count). The van der Waals surface area contributed by atoms with E-state index in [1.54, 1.807) is 11.3 Å². The number of anilines is 1. The van der Waals surface area contributed by atoms with Gasteiger partial charge in [-0.2, -0.15) is 0 Å². The summed E-state index contributed by atoms with van der Waals surface area (Å²) < 4.78 is 0. The third kappa shape index (κ3) is 4.47. The van der Waals surface area contributed by atoms with Gasteiger partial charge in [-0.1, -0.05) is 30.3 Å². The van der Waals surface area contributed by atoms with Gasteiger partial charge in [0.25, 0.3) is 0 Å². The van der Waals surface area contributed by atoms with Crippen LogP contribution in [0.1, 0.15) is 18.9 Å². The molecule has 1 fully saturated rings. The first-order chi connectivity index (χ1) is 11.7. The number of carbonyl (C=O) groups is 1. The predicted molar refractivity (Wildman–Crippen MR) is 98.7 cm³/mol. The van der Waals surface area contributed by atoms with Crippen molar-refractivity contribution in [3.05, 3.63) is 47.5 Å². The zero-order valence-electron chi connectivity index (χ0n) is 14.0. The highest BCUT2D eigenvalue weighted by molar-refractivity contribution is 7.13. The zero-order valence-corrected chi connectivity index (χ0v) is 14.8. The minimum atomic E-state index is 0.0503. The van der Waals surface area contributed by atoms with Crippen molar-refractivity contribution in [1.29, 1.82) is 0 Å². The van der Waals surface area contributed by atoms with Crippen molar-refractivity contribution in [2.24, 2.45) is 0 Å². The molecule has 0 radical (unpaired) electrons. The summed E-state index contributed by atoms with van der Waals surface area (Å²) in [6, 6.07) is 10.6. The Morgan fingerprint density at radius 2 is 2.00 bits per heavy atom. The Bertz CT molecular complexity index is 624. The number of aromatic nitrogens is 1. The maximum atomic E-state index is 12.4. The molecular formula is C18H24N4OS. The topological polar surface area (TPSA) is 48.5 Å². The van der Waals surface area contributed by atoms with E-state index in [1.807, 2.05) is 22.5 Å². The molecule has 1 aliphatic rings. The fraction of sp³-hybridized carbons (Fsp3) is 0.444. The minimum absolute atomic E-state index is 0.0503. The fourth-order valence-corrected chi connectivity index (χ4v) is 3.57. The summed E-state index contributed by atoms with van der Waals surface area (Å²) in [5.41, 5.74) is 1.32. The van der Waals surface area contributed by atoms with Crippen LogP contribution in [0.25, 0.3) is 0 Å². The summed E-state index contributed by atoms with van der Waals surface area (Å²) in [6.45, 7) is 5.26. The lowest BCUT2D eigenvalue weighted by Crippen LogP contribution is -2.53. The maximum absolute atomic E-state index is 12.4. The van der Waals surface area contributed by atoms with Gasteiger partial charge in [-0.05, 0) is 25.3 Å². The Morgan fingerprint density at radius 3 is 2.67 bits per heavy atom. The maximum Gasteiger partial charge on any atom is 0.317 e. The average Bonchev–Trinajstić information content (AvgIpc) is 3.16. The molecule has 0 unspecified atom stereocenters. The largest absolute Gasteiger partial charge is 0.345 e. The average molecular weight is 344 g/mol. The molecule has 1 aromatic heterocycles. The van der Waals surface area contributed by atoms with Gasteiger partial charge < -0.3 is 15.1 Å². The predicted octanol–water partition coefficient (Wildman–Crippen LogP) is 3.00. The summed E-state index contributed by atoms with van der Waals surface area (Å²) in [4.78, 5) is 20.9. The molecule has 2 aromatic rings. The molecule has 0 spiro atoms. The van der Waals surface area contributed by atoms with E-state index in [1.165, 1.54) is 5.56 Å². The molecule has 2 heterocycles. The number of benzene rings is 1. The third-order valence-electron chi connectivity index (χ3n) is 4.34. The number of nitrogens with zero attached hydrogens (tertiary/aromatic N) is 3. The second-order valence-corrected chi connectivity index (χ2v) is 7.04. The third-order valence-corrected chi connectivity index (χ3v) is 5.17. The molecular weight excluding hydrogens is 320 g/mol. The van der Waals surface area contributed by atoms with Gasteiger partial charge >= 0.3 is 6.03 Å². The van der Waals surface area contributed by atoms with Crippen LogP contribution >= 0.6 is 11.3 Å². The van der Waals surface area contributed by atoms with Crippen LogP contribution < -0.4 is 10.2 Å². The van der Waals surface area contributed by atoms with Gasteiger partial charge in [0.05, 0.1) is 0 Å². The van der Waals surface area contributed by atoms with Crippen LogP contribution in [-0.4, -0.2) is 48.1 Å². The van der Waals surface area contributed by atoms with Crippen molar-refractivity contribution >= 4 is 22.5 Å². The number of aryl methyl sites for hydroxylation is 1. The highest BCUT2D eigenvalue weighted by Gasteiger charge is 2.23. The van der Waals surface area contributed by atoms with Gasteiger partial charge in [0.1, 0.15) is 0 Å². The molecule has 1 atom stereocenters. The number of hydrogen-bond acceptors (Lipinski definition) is 4. The number of nitrogens with one attached hydrogen (secondary N) is 1. The van der Waals surface area contributed by atoms with E-state index >= 15 is 0 Å². The summed E-state index contributed by atoms with van der Waals surface area (Å²) >= 11 is 1.65. The molecule has 1 aliphatic heterocycles. The Kier molecular flexibility index (Phi) is 5.69. The highest BCUT2D eigenvalue weighted by atomic mass is 32.1. The van der Waals surface area contributed by atoms with Crippen molar-refractivity contribution in [3.8, 4) is 0 Å². The molecule has 1 saturated heterocycles. The Labute approximate surface area is 147 Å². The smallest absolute Gasteiger partial charge is 0.317 e. The zero-order chi connectivity index (χ0) is 16.8. The van der Waals surface area contributed by atoms with Crippen molar-refractivity contribution in [1.82, 2.24) is 15.2 Å². The Morgan fingerprint density at radius 1 is 1.25 bits per heavy atom. The first-order valence-electron chi connectivity index (χ1n) is 8.46. The van der Waals surface area contributed by atoms with Gasteiger partial charge in [0, 0.05) is 43.8 Å². The van der Waals surface area contributed by atoms with Crippen LogP contribution in [0, 0.1) is 0 Å². The van der Waals surface area contributed by atoms with Crippen molar-refractivity contribution in [2.45, 2.75) is 25.8 Å². The molecule has 2 amide bonds. The molecule has 24 heavy (non-hydrogen) atoms. The molecule has 128 valence electrons. The van der Waals surface area contributed by atoms with E-state index in [4.69, 9.17) is 0 Å². The van der Waals surface area contributed by atoms with Gasteiger partial charge in [-0.15, -0.1) is 11.3 Å². The van der Waals surface area contributed by atoms with E-state index in [0.29, 0.717) is 0 Å². The van der Waals surface area contributed by atoms with E-state index in [9.17, 15) is 4.79 Å². The van der Waals surface area contributed by atoms with Gasteiger partial charge in [-0.25, -0.2) is 9.78 Å². The van der Waals surface area contributed by atoms with Crippen LogP contribution in [0.2, 0.25) is 0 Å². The fourth-order valence-electron chi connectivity index (χ4n) is 2.88. The molecule has 6 heteroatoms. The number of piperazine rings is 1. The monoisotopic (exact) mass is 344 g/mol. The van der Waals surface area contributed by atoms with Crippen LogP contribution in [0.5, 0.6) is 0 Å². The molecule has 0 bridgehead atoms. The van der Waals surface area contributed by atoms with Gasteiger partial charge in [0.15, 0.2) is 5.13 Å². The van der Waals surface area contributed by atoms with E-state index in [0.717, 1.165) is 44.2 Å². The minimum Gasteiger partial charge on any atom is -0.345 e. The molecule has 0 aliphatic carbocycles. The number of hydrogen-bond donors (Lipinski definition) is 1. The van der Waals surface area contributed by atoms with Crippen molar-refractivity contribution < 1.29 is 4.79 Å². The molecule has 1 N–H and O–H groups in total. The number of urea groups is 1. The number of rotatable bonds is 5. The van der Waals surface area contributed by atoms with Gasteiger partial charge in [-0.3, -0.25) is 0 Å². The SMILES string of the molecule is C[C@H](CCc1ccccc1)NC(=O)N1CCN(c2nccs2)CC1. The normalized spacial score (nSPS) is 16.0. The van der Waals surface area contributed by atoms with Crippen LogP contribution in [0.3, 0.4) is 0 Å². The van der Waals surface area contributed by atoms with Crippen molar-refractivity contribution in [2.75, 3.05) is 31.1 Å². The quantitative estimate of drug-likeness (QED) is 0.907.